The lowest BCUT2D eigenvalue weighted by Crippen LogP contribution is -2.28. The number of anilines is 1. The molecule has 7 heteroatoms. The van der Waals surface area contributed by atoms with Gasteiger partial charge in [-0.05, 0) is 37.1 Å². The van der Waals surface area contributed by atoms with Crippen molar-refractivity contribution in [3.05, 3.63) is 42.5 Å². The van der Waals surface area contributed by atoms with E-state index in [1.165, 1.54) is 24.6 Å². The first-order valence-electron chi connectivity index (χ1n) is 10.1. The Labute approximate surface area is 174 Å². The summed E-state index contributed by atoms with van der Waals surface area (Å²) in [4.78, 5) is 24.8. The lowest BCUT2D eigenvalue weighted by atomic mass is 10.1. The molecule has 29 heavy (non-hydrogen) atoms. The van der Waals surface area contributed by atoms with Crippen LogP contribution in [0.15, 0.2) is 52.7 Å². The summed E-state index contributed by atoms with van der Waals surface area (Å²) in [6.45, 7) is 0. The van der Waals surface area contributed by atoms with E-state index in [-0.39, 0.29) is 18.2 Å². The Morgan fingerprint density at radius 2 is 1.79 bits per heavy atom. The molecule has 2 N–H and O–H groups in total. The van der Waals surface area contributed by atoms with E-state index in [9.17, 15) is 9.59 Å². The number of fused-ring (bicyclic) bond motifs is 1. The number of amides is 2. The van der Waals surface area contributed by atoms with Crippen LogP contribution in [-0.2, 0) is 9.59 Å². The van der Waals surface area contributed by atoms with E-state index in [0.29, 0.717) is 5.17 Å². The van der Waals surface area contributed by atoms with Gasteiger partial charge in [0.1, 0.15) is 5.25 Å². The van der Waals surface area contributed by atoms with Gasteiger partial charge in [0.25, 0.3) is 0 Å². The second kappa shape index (κ2) is 9.22. The number of nitrogens with zero attached hydrogens (tertiary/aromatic N) is 2. The van der Waals surface area contributed by atoms with Gasteiger partial charge in [-0.15, -0.1) is 5.10 Å². The third kappa shape index (κ3) is 5.03. The fourth-order valence-electron chi connectivity index (χ4n) is 3.64. The second-order valence-electron chi connectivity index (χ2n) is 7.36. The van der Waals surface area contributed by atoms with E-state index in [1.807, 2.05) is 42.5 Å². The van der Waals surface area contributed by atoms with Crippen molar-refractivity contribution in [2.75, 3.05) is 5.32 Å². The standard InChI is InChI=1S/C22H24N4O2S/c27-20(23-18-13-7-9-15-8-5-6-12-17(15)18)14-19-21(28)24-22(29-19)26-25-16-10-3-1-2-4-11-16/h5-9,12-13,19H,1-4,10-11,14H2,(H,23,27)(H,24,26,28). The fourth-order valence-corrected chi connectivity index (χ4v) is 4.56. The molecule has 2 aliphatic rings. The quantitative estimate of drug-likeness (QED) is 0.578. The molecular formula is C22H24N4O2S. The van der Waals surface area contributed by atoms with Crippen LogP contribution in [0.3, 0.4) is 0 Å². The van der Waals surface area contributed by atoms with E-state index >= 15 is 0 Å². The summed E-state index contributed by atoms with van der Waals surface area (Å²) >= 11 is 1.28. The average Bonchev–Trinajstić information content (AvgIpc) is 2.92. The number of benzene rings is 2. The third-order valence-corrected chi connectivity index (χ3v) is 6.25. The summed E-state index contributed by atoms with van der Waals surface area (Å²) in [6, 6.07) is 13.7. The lowest BCUT2D eigenvalue weighted by Gasteiger charge is -2.10. The molecule has 150 valence electrons. The highest BCUT2D eigenvalue weighted by atomic mass is 32.2. The van der Waals surface area contributed by atoms with Crippen molar-refractivity contribution in [3.63, 3.8) is 0 Å². The van der Waals surface area contributed by atoms with Crippen LogP contribution in [0.5, 0.6) is 0 Å². The predicted molar refractivity (Wildman–Crippen MR) is 119 cm³/mol. The van der Waals surface area contributed by atoms with Gasteiger partial charge in [-0.3, -0.25) is 9.59 Å². The monoisotopic (exact) mass is 408 g/mol. The molecule has 0 spiro atoms. The van der Waals surface area contributed by atoms with Crippen LogP contribution >= 0.6 is 11.8 Å². The first kappa shape index (κ1) is 19.6. The van der Waals surface area contributed by atoms with Crippen LogP contribution in [0, 0.1) is 0 Å². The number of nitrogens with one attached hydrogen (secondary N) is 2. The Balaban J connectivity index is 1.38. The van der Waals surface area contributed by atoms with Crippen molar-refractivity contribution in [1.29, 1.82) is 0 Å². The Morgan fingerprint density at radius 1 is 1.03 bits per heavy atom. The van der Waals surface area contributed by atoms with Gasteiger partial charge in [-0.1, -0.05) is 61.0 Å². The number of carbonyl (C=O) groups excluding carboxylic acids is 2. The first-order valence-corrected chi connectivity index (χ1v) is 11.0. The first-order chi connectivity index (χ1) is 14.2. The fraction of sp³-hybridized carbons (Fsp3) is 0.364. The molecule has 2 aromatic carbocycles. The lowest BCUT2D eigenvalue weighted by molar-refractivity contribution is -0.122. The minimum atomic E-state index is -0.488. The minimum absolute atomic E-state index is 0.0926. The van der Waals surface area contributed by atoms with Gasteiger partial charge in [0.2, 0.25) is 11.8 Å². The van der Waals surface area contributed by atoms with E-state index in [1.54, 1.807) is 0 Å². The molecule has 0 bridgehead atoms. The number of hydrogen-bond acceptors (Lipinski definition) is 5. The van der Waals surface area contributed by atoms with Crippen molar-refractivity contribution >= 4 is 50.9 Å². The Kier molecular flexibility index (Phi) is 6.24. The van der Waals surface area contributed by atoms with Crippen molar-refractivity contribution in [3.8, 4) is 0 Å². The summed E-state index contributed by atoms with van der Waals surface area (Å²) in [5.74, 6) is -0.381. The van der Waals surface area contributed by atoms with Gasteiger partial charge in [0, 0.05) is 23.2 Å². The molecule has 2 amide bonds. The predicted octanol–water partition coefficient (Wildman–Crippen LogP) is 4.47. The molecule has 1 saturated heterocycles. The smallest absolute Gasteiger partial charge is 0.240 e. The van der Waals surface area contributed by atoms with Gasteiger partial charge >= 0.3 is 0 Å². The van der Waals surface area contributed by atoms with E-state index in [2.05, 4.69) is 20.8 Å². The topological polar surface area (TPSA) is 82.9 Å². The van der Waals surface area contributed by atoms with E-state index in [0.717, 1.165) is 47.9 Å². The zero-order valence-electron chi connectivity index (χ0n) is 16.2. The molecule has 6 nitrogen and oxygen atoms in total. The summed E-state index contributed by atoms with van der Waals surface area (Å²) in [5.41, 5.74) is 1.85. The maximum atomic E-state index is 12.5. The highest BCUT2D eigenvalue weighted by Gasteiger charge is 2.32. The van der Waals surface area contributed by atoms with Crippen molar-refractivity contribution < 1.29 is 9.59 Å². The molecule has 0 aromatic heterocycles. The molecule has 0 radical (unpaired) electrons. The SMILES string of the molecule is O=C(CC1S/C(=N/N=C2CCCCCC2)NC1=O)Nc1cccc2ccccc12. The number of rotatable bonds is 4. The average molecular weight is 409 g/mol. The molecule has 2 aromatic rings. The molecule has 1 heterocycles. The summed E-state index contributed by atoms with van der Waals surface area (Å²) in [7, 11) is 0. The van der Waals surface area contributed by atoms with Crippen LogP contribution < -0.4 is 10.6 Å². The van der Waals surface area contributed by atoms with Crippen LogP contribution in [0.4, 0.5) is 5.69 Å². The molecular weight excluding hydrogens is 384 g/mol. The maximum Gasteiger partial charge on any atom is 0.240 e. The Hall–Kier alpha value is -2.67. The third-order valence-electron chi connectivity index (χ3n) is 5.17. The van der Waals surface area contributed by atoms with Gasteiger partial charge in [-0.2, -0.15) is 5.10 Å². The maximum absolute atomic E-state index is 12.5. The second-order valence-corrected chi connectivity index (χ2v) is 8.55. The number of hydrogen-bond donors (Lipinski definition) is 2. The minimum Gasteiger partial charge on any atom is -0.325 e. The number of amidine groups is 1. The number of carbonyl (C=O) groups is 2. The largest absolute Gasteiger partial charge is 0.325 e. The zero-order valence-corrected chi connectivity index (χ0v) is 17.0. The summed E-state index contributed by atoms with van der Waals surface area (Å²) in [6.07, 6.45) is 6.85. The van der Waals surface area contributed by atoms with Crippen LogP contribution in [0.25, 0.3) is 10.8 Å². The van der Waals surface area contributed by atoms with Crippen molar-refractivity contribution in [2.45, 2.75) is 50.2 Å². The Morgan fingerprint density at radius 3 is 2.62 bits per heavy atom. The zero-order chi connectivity index (χ0) is 20.1. The molecule has 1 unspecified atom stereocenters. The van der Waals surface area contributed by atoms with Gasteiger partial charge in [-0.25, -0.2) is 0 Å². The number of thioether (sulfide) groups is 1. The summed E-state index contributed by atoms with van der Waals surface area (Å²) in [5, 5.41) is 16.3. The van der Waals surface area contributed by atoms with Crippen LogP contribution in [0.2, 0.25) is 0 Å². The molecule has 1 saturated carbocycles. The highest BCUT2D eigenvalue weighted by Crippen LogP contribution is 2.26. The van der Waals surface area contributed by atoms with Crippen LogP contribution in [0.1, 0.15) is 44.9 Å². The highest BCUT2D eigenvalue weighted by molar-refractivity contribution is 8.15. The van der Waals surface area contributed by atoms with Crippen molar-refractivity contribution in [2.24, 2.45) is 10.2 Å². The Bertz CT molecular complexity index is 970. The summed E-state index contributed by atoms with van der Waals surface area (Å²) < 4.78 is 0. The van der Waals surface area contributed by atoms with E-state index in [4.69, 9.17) is 0 Å². The molecule has 1 aliphatic heterocycles. The van der Waals surface area contributed by atoms with Gasteiger partial charge in [0.15, 0.2) is 5.17 Å². The molecule has 2 fully saturated rings. The molecule has 1 atom stereocenters. The van der Waals surface area contributed by atoms with Crippen LogP contribution in [-0.4, -0.2) is 27.9 Å². The van der Waals surface area contributed by atoms with E-state index < -0.39 is 5.25 Å². The normalized spacial score (nSPS) is 21.1. The van der Waals surface area contributed by atoms with Gasteiger partial charge in [0.05, 0.1) is 0 Å². The van der Waals surface area contributed by atoms with Gasteiger partial charge < -0.3 is 10.6 Å². The molecule has 4 rings (SSSR count). The van der Waals surface area contributed by atoms with Crippen molar-refractivity contribution in [1.82, 2.24) is 5.32 Å². The molecule has 1 aliphatic carbocycles.